The van der Waals surface area contributed by atoms with Gasteiger partial charge in [-0.1, -0.05) is 18.2 Å². The van der Waals surface area contributed by atoms with Gasteiger partial charge >= 0.3 is 6.09 Å². The maximum absolute atomic E-state index is 11.5. The van der Waals surface area contributed by atoms with Crippen LogP contribution in [0.2, 0.25) is 0 Å². The molecule has 1 N–H and O–H groups in total. The molecule has 0 aromatic heterocycles. The minimum Gasteiger partial charge on any atom is -0.446 e. The van der Waals surface area contributed by atoms with Gasteiger partial charge in [0, 0.05) is 20.3 Å². The third-order valence-electron chi connectivity index (χ3n) is 3.45. The van der Waals surface area contributed by atoms with Gasteiger partial charge in [0.1, 0.15) is 6.10 Å². The summed E-state index contributed by atoms with van der Waals surface area (Å²) in [6.07, 6.45) is 3.85. The first kappa shape index (κ1) is 14.9. The van der Waals surface area contributed by atoms with Crippen molar-refractivity contribution in [3.8, 4) is 0 Å². The van der Waals surface area contributed by atoms with Crippen molar-refractivity contribution in [2.24, 2.45) is 0 Å². The van der Waals surface area contributed by atoms with Crippen LogP contribution >= 0.6 is 0 Å². The van der Waals surface area contributed by atoms with Gasteiger partial charge in [-0.3, -0.25) is 0 Å². The minimum absolute atomic E-state index is 0.150. The predicted octanol–water partition coefficient (Wildman–Crippen LogP) is 2.96. The Labute approximate surface area is 120 Å². The van der Waals surface area contributed by atoms with Crippen molar-refractivity contribution in [3.05, 3.63) is 34.9 Å². The first-order valence-electron chi connectivity index (χ1n) is 7.21. The van der Waals surface area contributed by atoms with E-state index in [2.05, 4.69) is 30.4 Å². The summed E-state index contributed by atoms with van der Waals surface area (Å²) in [5.41, 5.74) is 3.61. The topological polar surface area (TPSA) is 47.6 Å². The van der Waals surface area contributed by atoms with E-state index in [-0.39, 0.29) is 12.2 Å². The molecule has 0 radical (unpaired) electrons. The SMILES string of the molecule is COCCCc1ccc(C)c(CNC(=O)OC2CC2)c1. The molecule has 1 aromatic rings. The lowest BCUT2D eigenvalue weighted by Crippen LogP contribution is -2.24. The Morgan fingerprint density at radius 2 is 2.20 bits per heavy atom. The number of aryl methyl sites for hydroxylation is 2. The summed E-state index contributed by atoms with van der Waals surface area (Å²) < 4.78 is 10.2. The summed E-state index contributed by atoms with van der Waals surface area (Å²) in [4.78, 5) is 11.5. The van der Waals surface area contributed by atoms with Gasteiger partial charge in [0.25, 0.3) is 0 Å². The van der Waals surface area contributed by atoms with E-state index in [0.717, 1.165) is 37.9 Å². The van der Waals surface area contributed by atoms with Gasteiger partial charge in [-0.15, -0.1) is 0 Å². The van der Waals surface area contributed by atoms with Crippen LogP contribution in [0, 0.1) is 6.92 Å². The molecule has 0 heterocycles. The van der Waals surface area contributed by atoms with Crippen LogP contribution in [0.3, 0.4) is 0 Å². The number of carbonyl (C=O) groups is 1. The van der Waals surface area contributed by atoms with E-state index < -0.39 is 0 Å². The molecular formula is C16H23NO3. The molecule has 0 unspecified atom stereocenters. The van der Waals surface area contributed by atoms with E-state index >= 15 is 0 Å². The zero-order valence-corrected chi connectivity index (χ0v) is 12.3. The largest absolute Gasteiger partial charge is 0.446 e. The highest BCUT2D eigenvalue weighted by Gasteiger charge is 2.25. The Kier molecular flexibility index (Phi) is 5.41. The first-order valence-corrected chi connectivity index (χ1v) is 7.21. The van der Waals surface area contributed by atoms with Crippen molar-refractivity contribution in [1.29, 1.82) is 0 Å². The van der Waals surface area contributed by atoms with Crippen LogP contribution in [0.15, 0.2) is 18.2 Å². The van der Waals surface area contributed by atoms with E-state index in [4.69, 9.17) is 9.47 Å². The summed E-state index contributed by atoms with van der Waals surface area (Å²) in [5.74, 6) is 0. The van der Waals surface area contributed by atoms with Crippen molar-refractivity contribution >= 4 is 6.09 Å². The molecule has 0 atom stereocenters. The van der Waals surface area contributed by atoms with E-state index in [1.165, 1.54) is 11.1 Å². The third-order valence-corrected chi connectivity index (χ3v) is 3.45. The van der Waals surface area contributed by atoms with E-state index in [1.54, 1.807) is 7.11 Å². The maximum atomic E-state index is 11.5. The molecule has 1 saturated carbocycles. The third kappa shape index (κ3) is 4.85. The Morgan fingerprint density at radius 1 is 1.40 bits per heavy atom. The average Bonchev–Trinajstić information content (AvgIpc) is 3.23. The molecule has 110 valence electrons. The molecule has 0 spiro atoms. The van der Waals surface area contributed by atoms with Crippen LogP contribution in [-0.2, 0) is 22.4 Å². The fraction of sp³-hybridized carbons (Fsp3) is 0.562. The second-order valence-electron chi connectivity index (χ2n) is 5.32. The molecule has 1 aliphatic carbocycles. The Morgan fingerprint density at radius 3 is 2.90 bits per heavy atom. The number of rotatable bonds is 7. The predicted molar refractivity (Wildman–Crippen MR) is 77.7 cm³/mol. The summed E-state index contributed by atoms with van der Waals surface area (Å²) >= 11 is 0. The van der Waals surface area contributed by atoms with Crippen LogP contribution in [-0.4, -0.2) is 25.9 Å². The summed E-state index contributed by atoms with van der Waals surface area (Å²) in [6, 6.07) is 6.39. The van der Waals surface area contributed by atoms with E-state index in [1.807, 2.05) is 0 Å². The zero-order chi connectivity index (χ0) is 14.4. The fourth-order valence-corrected chi connectivity index (χ4v) is 2.04. The number of methoxy groups -OCH3 is 1. The average molecular weight is 277 g/mol. The maximum Gasteiger partial charge on any atom is 0.407 e. The lowest BCUT2D eigenvalue weighted by atomic mass is 10.0. The highest BCUT2D eigenvalue weighted by Crippen LogP contribution is 2.23. The normalized spacial score (nSPS) is 14.1. The van der Waals surface area contributed by atoms with E-state index in [0.29, 0.717) is 6.54 Å². The first-order chi connectivity index (χ1) is 9.69. The minimum atomic E-state index is -0.309. The number of carbonyl (C=O) groups excluding carboxylic acids is 1. The number of alkyl carbamates (subject to hydrolysis) is 1. The van der Waals surface area contributed by atoms with Crippen molar-refractivity contribution < 1.29 is 14.3 Å². The number of hydrogen-bond acceptors (Lipinski definition) is 3. The van der Waals surface area contributed by atoms with Crippen LogP contribution < -0.4 is 5.32 Å². The fourth-order valence-electron chi connectivity index (χ4n) is 2.04. The molecule has 0 aliphatic heterocycles. The van der Waals surface area contributed by atoms with Gasteiger partial charge in [-0.05, 0) is 49.3 Å². The number of benzene rings is 1. The number of ether oxygens (including phenoxy) is 2. The van der Waals surface area contributed by atoms with Crippen molar-refractivity contribution in [2.45, 2.75) is 45.3 Å². The summed E-state index contributed by atoms with van der Waals surface area (Å²) in [5, 5.41) is 2.82. The van der Waals surface area contributed by atoms with Crippen LogP contribution in [0.5, 0.6) is 0 Å². The Bertz CT molecular complexity index is 455. The van der Waals surface area contributed by atoms with Gasteiger partial charge in [0.2, 0.25) is 0 Å². The monoisotopic (exact) mass is 277 g/mol. The molecule has 2 rings (SSSR count). The van der Waals surface area contributed by atoms with Crippen LogP contribution in [0.4, 0.5) is 4.79 Å². The standard InChI is InChI=1S/C16H23NO3/c1-12-5-6-13(4-3-9-19-2)10-14(12)11-17-16(18)20-15-7-8-15/h5-6,10,15H,3-4,7-9,11H2,1-2H3,(H,17,18). The Balaban J connectivity index is 1.84. The molecule has 4 heteroatoms. The van der Waals surface area contributed by atoms with Crippen LogP contribution in [0.1, 0.15) is 36.0 Å². The summed E-state index contributed by atoms with van der Waals surface area (Å²) in [7, 11) is 1.72. The van der Waals surface area contributed by atoms with E-state index in [9.17, 15) is 4.79 Å². The molecule has 1 amide bonds. The molecule has 1 aromatic carbocycles. The number of amides is 1. The lowest BCUT2D eigenvalue weighted by Gasteiger charge is -2.10. The second kappa shape index (κ2) is 7.29. The number of nitrogens with one attached hydrogen (secondary N) is 1. The zero-order valence-electron chi connectivity index (χ0n) is 12.3. The van der Waals surface area contributed by atoms with Crippen LogP contribution in [0.25, 0.3) is 0 Å². The highest BCUT2D eigenvalue weighted by molar-refractivity contribution is 5.67. The van der Waals surface area contributed by atoms with Gasteiger partial charge < -0.3 is 14.8 Å². The molecular weight excluding hydrogens is 254 g/mol. The smallest absolute Gasteiger partial charge is 0.407 e. The van der Waals surface area contributed by atoms with Gasteiger partial charge in [0.15, 0.2) is 0 Å². The molecule has 0 saturated heterocycles. The molecule has 1 aliphatic rings. The lowest BCUT2D eigenvalue weighted by molar-refractivity contribution is 0.138. The molecule has 20 heavy (non-hydrogen) atoms. The van der Waals surface area contributed by atoms with Crippen molar-refractivity contribution in [3.63, 3.8) is 0 Å². The number of hydrogen-bond donors (Lipinski definition) is 1. The van der Waals surface area contributed by atoms with Crippen molar-refractivity contribution in [2.75, 3.05) is 13.7 Å². The molecule has 0 bridgehead atoms. The Hall–Kier alpha value is -1.55. The van der Waals surface area contributed by atoms with Crippen molar-refractivity contribution in [1.82, 2.24) is 5.32 Å². The van der Waals surface area contributed by atoms with Gasteiger partial charge in [-0.25, -0.2) is 4.79 Å². The molecule has 1 fully saturated rings. The summed E-state index contributed by atoms with van der Waals surface area (Å²) in [6.45, 7) is 3.35. The highest BCUT2D eigenvalue weighted by atomic mass is 16.6. The van der Waals surface area contributed by atoms with Gasteiger partial charge in [-0.2, -0.15) is 0 Å². The quantitative estimate of drug-likeness (QED) is 0.779. The molecule has 4 nitrogen and oxygen atoms in total. The second-order valence-corrected chi connectivity index (χ2v) is 5.32. The van der Waals surface area contributed by atoms with Gasteiger partial charge in [0.05, 0.1) is 0 Å².